The Labute approximate surface area is 155 Å². The molecule has 2 aromatic carbocycles. The SMILES string of the molecule is COc1cc(CNC(=O)CCCCCc2ccccc2)ccc1B(O)O. The van der Waals surface area contributed by atoms with Crippen molar-refractivity contribution in [2.24, 2.45) is 0 Å². The number of hydrogen-bond acceptors (Lipinski definition) is 4. The van der Waals surface area contributed by atoms with Crippen LogP contribution in [0.25, 0.3) is 0 Å². The topological polar surface area (TPSA) is 78.8 Å². The second-order valence-corrected chi connectivity index (χ2v) is 6.27. The van der Waals surface area contributed by atoms with Gasteiger partial charge in [-0.1, -0.05) is 48.9 Å². The van der Waals surface area contributed by atoms with Gasteiger partial charge in [0.15, 0.2) is 0 Å². The van der Waals surface area contributed by atoms with E-state index in [-0.39, 0.29) is 5.91 Å². The highest BCUT2D eigenvalue weighted by Gasteiger charge is 2.17. The number of hydrogen-bond donors (Lipinski definition) is 3. The van der Waals surface area contributed by atoms with Crippen LogP contribution < -0.4 is 15.5 Å². The molecule has 0 saturated carbocycles. The molecule has 0 aromatic heterocycles. The van der Waals surface area contributed by atoms with Crippen LogP contribution in [0.3, 0.4) is 0 Å². The molecule has 0 saturated heterocycles. The van der Waals surface area contributed by atoms with Gasteiger partial charge in [-0.25, -0.2) is 0 Å². The van der Waals surface area contributed by atoms with Crippen molar-refractivity contribution in [1.82, 2.24) is 5.32 Å². The lowest BCUT2D eigenvalue weighted by molar-refractivity contribution is -0.121. The van der Waals surface area contributed by atoms with E-state index in [1.807, 2.05) is 18.2 Å². The van der Waals surface area contributed by atoms with Crippen LogP contribution in [0.4, 0.5) is 0 Å². The van der Waals surface area contributed by atoms with Gasteiger partial charge >= 0.3 is 7.12 Å². The summed E-state index contributed by atoms with van der Waals surface area (Å²) in [7, 11) is -0.108. The maximum absolute atomic E-state index is 12.0. The third-order valence-electron chi connectivity index (χ3n) is 4.28. The zero-order valence-corrected chi connectivity index (χ0v) is 15.1. The highest BCUT2D eigenvalue weighted by Crippen LogP contribution is 2.12. The molecule has 1 amide bonds. The van der Waals surface area contributed by atoms with Crippen molar-refractivity contribution in [1.29, 1.82) is 0 Å². The Morgan fingerprint density at radius 2 is 1.81 bits per heavy atom. The average Bonchev–Trinajstić information content (AvgIpc) is 2.66. The molecule has 0 fully saturated rings. The lowest BCUT2D eigenvalue weighted by atomic mass is 9.79. The fourth-order valence-electron chi connectivity index (χ4n) is 2.80. The summed E-state index contributed by atoms with van der Waals surface area (Å²) in [6.45, 7) is 0.390. The summed E-state index contributed by atoms with van der Waals surface area (Å²) in [6, 6.07) is 15.4. The van der Waals surface area contributed by atoms with Crippen molar-refractivity contribution >= 4 is 18.5 Å². The van der Waals surface area contributed by atoms with Crippen molar-refractivity contribution < 1.29 is 19.6 Å². The third kappa shape index (κ3) is 6.54. The van der Waals surface area contributed by atoms with Crippen molar-refractivity contribution in [3.63, 3.8) is 0 Å². The minimum Gasteiger partial charge on any atom is -0.497 e. The maximum atomic E-state index is 12.0. The van der Waals surface area contributed by atoms with Gasteiger partial charge in [0.05, 0.1) is 7.11 Å². The van der Waals surface area contributed by atoms with Crippen LogP contribution in [-0.2, 0) is 17.8 Å². The molecule has 2 aromatic rings. The molecule has 5 nitrogen and oxygen atoms in total. The van der Waals surface area contributed by atoms with Gasteiger partial charge in [-0.3, -0.25) is 4.79 Å². The number of unbranched alkanes of at least 4 members (excludes halogenated alkanes) is 2. The van der Waals surface area contributed by atoms with Gasteiger partial charge in [0.2, 0.25) is 5.91 Å². The summed E-state index contributed by atoms with van der Waals surface area (Å²) in [5.74, 6) is 0.419. The van der Waals surface area contributed by atoms with Crippen molar-refractivity contribution in [3.8, 4) is 5.75 Å². The molecule has 138 valence electrons. The lowest BCUT2D eigenvalue weighted by Crippen LogP contribution is -2.31. The van der Waals surface area contributed by atoms with E-state index in [4.69, 9.17) is 4.74 Å². The molecule has 0 aliphatic carbocycles. The van der Waals surface area contributed by atoms with Crippen LogP contribution in [0.1, 0.15) is 36.8 Å². The quantitative estimate of drug-likeness (QED) is 0.449. The van der Waals surface area contributed by atoms with Crippen LogP contribution in [0.2, 0.25) is 0 Å². The van der Waals surface area contributed by atoms with E-state index in [9.17, 15) is 14.8 Å². The number of aryl methyl sites for hydroxylation is 1. The molecule has 0 spiro atoms. The summed E-state index contributed by atoms with van der Waals surface area (Å²) < 4.78 is 5.15. The second-order valence-electron chi connectivity index (χ2n) is 6.27. The van der Waals surface area contributed by atoms with E-state index in [1.54, 1.807) is 18.2 Å². The molecule has 0 unspecified atom stereocenters. The van der Waals surface area contributed by atoms with E-state index in [0.717, 1.165) is 31.2 Å². The predicted octanol–water partition coefficient (Wildman–Crippen LogP) is 1.79. The molecule has 0 radical (unpaired) electrons. The molecule has 0 atom stereocenters. The van der Waals surface area contributed by atoms with Crippen LogP contribution >= 0.6 is 0 Å². The summed E-state index contributed by atoms with van der Waals surface area (Å²) in [5, 5.41) is 21.4. The Bertz CT molecular complexity index is 691. The summed E-state index contributed by atoms with van der Waals surface area (Å²) in [6.07, 6.45) is 4.54. The Balaban J connectivity index is 1.67. The summed E-state index contributed by atoms with van der Waals surface area (Å²) in [4.78, 5) is 12.0. The Hall–Kier alpha value is -2.31. The van der Waals surface area contributed by atoms with Gasteiger partial charge in [0.25, 0.3) is 0 Å². The predicted molar refractivity (Wildman–Crippen MR) is 103 cm³/mol. The number of carbonyl (C=O) groups excluding carboxylic acids is 1. The van der Waals surface area contributed by atoms with Crippen molar-refractivity contribution in [2.45, 2.75) is 38.6 Å². The van der Waals surface area contributed by atoms with Gasteiger partial charge in [-0.15, -0.1) is 0 Å². The molecular formula is C20H26BNO4. The summed E-state index contributed by atoms with van der Waals surface area (Å²) >= 11 is 0. The van der Waals surface area contributed by atoms with Crippen LogP contribution in [0.5, 0.6) is 5.75 Å². The number of benzene rings is 2. The zero-order chi connectivity index (χ0) is 18.8. The molecule has 0 heterocycles. The number of nitrogens with one attached hydrogen (secondary N) is 1. The zero-order valence-electron chi connectivity index (χ0n) is 15.1. The van der Waals surface area contributed by atoms with Crippen molar-refractivity contribution in [2.75, 3.05) is 7.11 Å². The molecule has 0 aliphatic rings. The Morgan fingerprint density at radius 1 is 1.04 bits per heavy atom. The fraction of sp³-hybridized carbons (Fsp3) is 0.350. The van der Waals surface area contributed by atoms with Gasteiger partial charge in [-0.2, -0.15) is 0 Å². The highest BCUT2D eigenvalue weighted by atomic mass is 16.5. The maximum Gasteiger partial charge on any atom is 0.492 e. The van der Waals surface area contributed by atoms with E-state index in [2.05, 4.69) is 17.4 Å². The van der Waals surface area contributed by atoms with E-state index in [0.29, 0.717) is 24.2 Å². The van der Waals surface area contributed by atoms with Crippen molar-refractivity contribution in [3.05, 3.63) is 59.7 Å². The second kappa shape index (κ2) is 10.6. The minimum atomic E-state index is -1.58. The standard InChI is InChI=1S/C20H26BNO4/c1-26-19-14-17(12-13-18(19)21(24)25)15-22-20(23)11-7-3-6-10-16-8-4-2-5-9-16/h2,4-5,8-9,12-14,24-25H,3,6-7,10-11,15H2,1H3,(H,22,23). The van der Waals surface area contributed by atoms with Crippen LogP contribution in [0.15, 0.2) is 48.5 Å². The highest BCUT2D eigenvalue weighted by molar-refractivity contribution is 6.59. The average molecular weight is 355 g/mol. The van der Waals surface area contributed by atoms with Crippen LogP contribution in [0, 0.1) is 0 Å². The van der Waals surface area contributed by atoms with E-state index >= 15 is 0 Å². The first-order valence-electron chi connectivity index (χ1n) is 8.93. The molecule has 26 heavy (non-hydrogen) atoms. The molecule has 0 aliphatic heterocycles. The Morgan fingerprint density at radius 3 is 2.50 bits per heavy atom. The van der Waals surface area contributed by atoms with Crippen LogP contribution in [-0.4, -0.2) is 30.2 Å². The first-order chi connectivity index (χ1) is 12.6. The summed E-state index contributed by atoms with van der Waals surface area (Å²) in [5.41, 5.74) is 2.49. The molecule has 6 heteroatoms. The number of carbonyl (C=O) groups is 1. The fourth-order valence-corrected chi connectivity index (χ4v) is 2.80. The smallest absolute Gasteiger partial charge is 0.492 e. The molecule has 2 rings (SSSR count). The normalized spacial score (nSPS) is 10.4. The lowest BCUT2D eigenvalue weighted by Gasteiger charge is -2.11. The molecule has 0 bridgehead atoms. The van der Waals surface area contributed by atoms with Gasteiger partial charge in [0, 0.05) is 18.4 Å². The van der Waals surface area contributed by atoms with Gasteiger partial charge in [-0.05, 0) is 36.5 Å². The number of rotatable bonds is 10. The number of ether oxygens (including phenoxy) is 1. The monoisotopic (exact) mass is 355 g/mol. The van der Waals surface area contributed by atoms with E-state index in [1.165, 1.54) is 12.7 Å². The largest absolute Gasteiger partial charge is 0.497 e. The minimum absolute atomic E-state index is 0.0231. The first kappa shape index (κ1) is 20.0. The molecular weight excluding hydrogens is 329 g/mol. The van der Waals surface area contributed by atoms with Gasteiger partial charge < -0.3 is 20.1 Å². The third-order valence-corrected chi connectivity index (χ3v) is 4.28. The molecule has 3 N–H and O–H groups in total. The number of methoxy groups -OCH3 is 1. The Kier molecular flexibility index (Phi) is 8.18. The first-order valence-corrected chi connectivity index (χ1v) is 8.93. The van der Waals surface area contributed by atoms with E-state index < -0.39 is 7.12 Å². The number of amides is 1. The van der Waals surface area contributed by atoms with Gasteiger partial charge in [0.1, 0.15) is 5.75 Å².